The predicted octanol–water partition coefficient (Wildman–Crippen LogP) is 15.6. The summed E-state index contributed by atoms with van der Waals surface area (Å²) in [4.78, 5) is 2.39. The molecule has 0 aliphatic heterocycles. The average molecular weight is 745 g/mol. The standard InChI is InChI=1S/C54H36N2S/c1-4-14-37(15-5-1)38-26-30-42(31-27-38)55(43-32-28-40(29-33-43)46-22-12-23-48-47-20-10-11-25-52(47)57-54(46)48)44-34-35-49-51(36-44)56(41-18-8-3-9-19-41)50-24-13-21-45(53(49)50)39-16-6-2-7-17-39/h1-36H. The van der Waals surface area contributed by atoms with Gasteiger partial charge in [0.15, 0.2) is 0 Å². The summed E-state index contributed by atoms with van der Waals surface area (Å²) >= 11 is 1.88. The lowest BCUT2D eigenvalue weighted by Crippen LogP contribution is -2.10. The maximum Gasteiger partial charge on any atom is 0.0562 e. The van der Waals surface area contributed by atoms with Crippen molar-refractivity contribution in [3.8, 4) is 39.1 Å². The third-order valence-electron chi connectivity index (χ3n) is 11.2. The number of nitrogens with zero attached hydrogens (tertiary/aromatic N) is 2. The van der Waals surface area contributed by atoms with Gasteiger partial charge in [0.1, 0.15) is 0 Å². The van der Waals surface area contributed by atoms with Gasteiger partial charge in [0, 0.05) is 53.7 Å². The number of para-hydroxylation sites is 1. The van der Waals surface area contributed by atoms with Crippen LogP contribution >= 0.6 is 11.3 Å². The number of aromatic nitrogens is 1. The Balaban J connectivity index is 1.10. The van der Waals surface area contributed by atoms with Crippen LogP contribution in [-0.4, -0.2) is 4.57 Å². The summed E-state index contributed by atoms with van der Waals surface area (Å²) in [6.45, 7) is 0. The van der Waals surface area contributed by atoms with Crippen LogP contribution in [0.2, 0.25) is 0 Å². The molecule has 0 amide bonds. The number of rotatable bonds is 7. The first-order valence-electron chi connectivity index (χ1n) is 19.4. The quantitative estimate of drug-likeness (QED) is 0.158. The summed E-state index contributed by atoms with van der Waals surface area (Å²) in [5.41, 5.74) is 14.1. The number of fused-ring (bicyclic) bond motifs is 6. The molecule has 2 heterocycles. The summed E-state index contributed by atoms with van der Waals surface area (Å²) in [6.07, 6.45) is 0. The molecule has 0 N–H and O–H groups in total. The maximum atomic E-state index is 2.42. The molecular formula is C54H36N2S. The van der Waals surface area contributed by atoms with Gasteiger partial charge in [0.2, 0.25) is 0 Å². The van der Waals surface area contributed by atoms with Crippen LogP contribution in [0.1, 0.15) is 0 Å². The fraction of sp³-hybridized carbons (Fsp3) is 0. The highest BCUT2D eigenvalue weighted by atomic mass is 32.1. The SMILES string of the molecule is c1ccc(-c2ccc(N(c3ccc(-c4cccc5c4sc4ccccc45)cc3)c3ccc4c5c(-c6ccccc6)cccc5n(-c5ccccc5)c4c3)cc2)cc1. The fourth-order valence-electron chi connectivity index (χ4n) is 8.55. The first kappa shape index (κ1) is 33.2. The van der Waals surface area contributed by atoms with Crippen LogP contribution in [-0.2, 0) is 0 Å². The minimum atomic E-state index is 1.09. The second-order valence-electron chi connectivity index (χ2n) is 14.5. The molecule has 11 rings (SSSR count). The van der Waals surface area contributed by atoms with Gasteiger partial charge in [-0.05, 0) is 94.0 Å². The van der Waals surface area contributed by atoms with Crippen molar-refractivity contribution < 1.29 is 0 Å². The van der Waals surface area contributed by atoms with Crippen molar-refractivity contribution in [2.45, 2.75) is 0 Å². The summed E-state index contributed by atoms with van der Waals surface area (Å²) in [7, 11) is 0. The average Bonchev–Trinajstić information content (AvgIpc) is 3.84. The van der Waals surface area contributed by atoms with Gasteiger partial charge >= 0.3 is 0 Å². The lowest BCUT2D eigenvalue weighted by atomic mass is 9.99. The largest absolute Gasteiger partial charge is 0.310 e. The van der Waals surface area contributed by atoms with Crippen LogP contribution in [0.25, 0.3) is 81.0 Å². The van der Waals surface area contributed by atoms with Crippen LogP contribution in [0.5, 0.6) is 0 Å². The van der Waals surface area contributed by atoms with E-state index in [1.54, 1.807) is 0 Å². The Kier molecular flexibility index (Phi) is 8.04. The molecule has 0 unspecified atom stereocenters. The number of hydrogen-bond acceptors (Lipinski definition) is 2. The normalized spacial score (nSPS) is 11.5. The van der Waals surface area contributed by atoms with Gasteiger partial charge < -0.3 is 9.47 Å². The molecule has 0 fully saturated rings. The van der Waals surface area contributed by atoms with Gasteiger partial charge in [-0.3, -0.25) is 0 Å². The summed E-state index contributed by atoms with van der Waals surface area (Å²) < 4.78 is 5.07. The molecule has 0 spiro atoms. The Bertz CT molecular complexity index is 3200. The number of anilines is 3. The van der Waals surface area contributed by atoms with E-state index >= 15 is 0 Å². The van der Waals surface area contributed by atoms with Crippen LogP contribution in [0.3, 0.4) is 0 Å². The molecule has 268 valence electrons. The van der Waals surface area contributed by atoms with E-state index < -0.39 is 0 Å². The molecule has 11 aromatic rings. The molecule has 57 heavy (non-hydrogen) atoms. The summed E-state index contributed by atoms with van der Waals surface area (Å²) in [6, 6.07) is 79.3. The van der Waals surface area contributed by atoms with Crippen molar-refractivity contribution in [3.05, 3.63) is 218 Å². The van der Waals surface area contributed by atoms with Gasteiger partial charge in [0.25, 0.3) is 0 Å². The highest BCUT2D eigenvalue weighted by Gasteiger charge is 2.20. The van der Waals surface area contributed by atoms with Crippen LogP contribution < -0.4 is 4.90 Å². The molecule has 0 atom stereocenters. The van der Waals surface area contributed by atoms with Gasteiger partial charge in [-0.2, -0.15) is 0 Å². The van der Waals surface area contributed by atoms with Crippen molar-refractivity contribution in [1.29, 1.82) is 0 Å². The topological polar surface area (TPSA) is 8.17 Å². The number of thiophene rings is 1. The van der Waals surface area contributed by atoms with Crippen molar-refractivity contribution in [1.82, 2.24) is 4.57 Å². The summed E-state index contributed by atoms with van der Waals surface area (Å²) in [5, 5.41) is 5.12. The third kappa shape index (κ3) is 5.71. The summed E-state index contributed by atoms with van der Waals surface area (Å²) in [5.74, 6) is 0. The zero-order chi connectivity index (χ0) is 37.7. The van der Waals surface area contributed by atoms with E-state index in [0.29, 0.717) is 0 Å². The molecule has 0 saturated carbocycles. The van der Waals surface area contributed by atoms with E-state index in [-0.39, 0.29) is 0 Å². The number of benzene rings is 9. The van der Waals surface area contributed by atoms with Crippen LogP contribution in [0.15, 0.2) is 218 Å². The molecule has 9 aromatic carbocycles. The smallest absolute Gasteiger partial charge is 0.0562 e. The molecule has 0 saturated heterocycles. The highest BCUT2D eigenvalue weighted by Crippen LogP contribution is 2.44. The first-order chi connectivity index (χ1) is 28.3. The van der Waals surface area contributed by atoms with E-state index in [4.69, 9.17) is 0 Å². The van der Waals surface area contributed by atoms with Crippen LogP contribution in [0, 0.1) is 0 Å². The van der Waals surface area contributed by atoms with Gasteiger partial charge in [-0.1, -0.05) is 158 Å². The zero-order valence-electron chi connectivity index (χ0n) is 31.1. The lowest BCUT2D eigenvalue weighted by Gasteiger charge is -2.26. The Labute approximate surface area is 335 Å². The van der Waals surface area contributed by atoms with Gasteiger partial charge in [0.05, 0.1) is 11.0 Å². The van der Waals surface area contributed by atoms with Gasteiger partial charge in [-0.15, -0.1) is 11.3 Å². The maximum absolute atomic E-state index is 2.42. The Morgan fingerprint density at radius 3 is 1.63 bits per heavy atom. The molecular weight excluding hydrogens is 709 g/mol. The van der Waals surface area contributed by atoms with E-state index in [2.05, 4.69) is 228 Å². The fourth-order valence-corrected chi connectivity index (χ4v) is 9.79. The Hall–Kier alpha value is -7.20. The predicted molar refractivity (Wildman–Crippen MR) is 245 cm³/mol. The number of hydrogen-bond donors (Lipinski definition) is 0. The monoisotopic (exact) mass is 744 g/mol. The van der Waals surface area contributed by atoms with Crippen molar-refractivity contribution in [2.75, 3.05) is 4.90 Å². The molecule has 0 aliphatic carbocycles. The van der Waals surface area contributed by atoms with Crippen molar-refractivity contribution >= 4 is 70.4 Å². The molecule has 2 nitrogen and oxygen atoms in total. The lowest BCUT2D eigenvalue weighted by molar-refractivity contribution is 1.18. The third-order valence-corrected chi connectivity index (χ3v) is 12.4. The van der Waals surface area contributed by atoms with Crippen molar-refractivity contribution in [2.24, 2.45) is 0 Å². The first-order valence-corrected chi connectivity index (χ1v) is 20.2. The van der Waals surface area contributed by atoms with E-state index in [1.807, 2.05) is 11.3 Å². The molecule has 3 heteroatoms. The molecule has 0 radical (unpaired) electrons. The van der Waals surface area contributed by atoms with Crippen molar-refractivity contribution in [3.63, 3.8) is 0 Å². The van der Waals surface area contributed by atoms with Crippen LogP contribution in [0.4, 0.5) is 17.1 Å². The van der Waals surface area contributed by atoms with E-state index in [9.17, 15) is 0 Å². The van der Waals surface area contributed by atoms with Gasteiger partial charge in [-0.25, -0.2) is 0 Å². The highest BCUT2D eigenvalue weighted by molar-refractivity contribution is 7.26. The Morgan fingerprint density at radius 2 is 0.895 bits per heavy atom. The molecule has 0 aliphatic rings. The molecule has 0 bridgehead atoms. The Morgan fingerprint density at radius 1 is 0.351 bits per heavy atom. The second kappa shape index (κ2) is 13.8. The minimum absolute atomic E-state index is 1.09. The van der Waals surface area contributed by atoms with E-state index in [0.717, 1.165) is 28.3 Å². The minimum Gasteiger partial charge on any atom is -0.310 e. The van der Waals surface area contributed by atoms with E-state index in [1.165, 1.54) is 69.8 Å². The molecule has 2 aromatic heterocycles. The zero-order valence-corrected chi connectivity index (χ0v) is 31.9. The second-order valence-corrected chi connectivity index (χ2v) is 15.6.